The molecule has 0 aromatic heterocycles. The zero-order valence-electron chi connectivity index (χ0n) is 26.0. The van der Waals surface area contributed by atoms with Gasteiger partial charge in [-0.25, -0.2) is 4.79 Å². The fourth-order valence-corrected chi connectivity index (χ4v) is 4.60. The van der Waals surface area contributed by atoms with Gasteiger partial charge >= 0.3 is 17.9 Å². The van der Waals surface area contributed by atoms with E-state index in [1.54, 1.807) is 27.7 Å². The summed E-state index contributed by atoms with van der Waals surface area (Å²) in [5.41, 5.74) is 0.0358. The third-order valence-corrected chi connectivity index (χ3v) is 7.17. The maximum absolute atomic E-state index is 12.7. The van der Waals surface area contributed by atoms with Crippen molar-refractivity contribution in [2.45, 2.75) is 143 Å². The van der Waals surface area contributed by atoms with Crippen LogP contribution in [0.4, 0.5) is 0 Å². The van der Waals surface area contributed by atoms with Crippen LogP contribution in [-0.4, -0.2) is 30.1 Å². The van der Waals surface area contributed by atoms with E-state index in [0.717, 1.165) is 24.8 Å². The molecule has 1 aliphatic rings. The van der Waals surface area contributed by atoms with Crippen LogP contribution >= 0.6 is 0 Å². The summed E-state index contributed by atoms with van der Waals surface area (Å²) in [6.45, 7) is 9.12. The Kier molecular flexibility index (Phi) is 15.6. The molecule has 0 N–H and O–H groups in total. The molecular weight excluding hydrogens is 520 g/mol. The molecule has 1 heterocycles. The normalized spacial score (nSPS) is 15.9. The molecule has 0 aliphatic carbocycles. The molecule has 0 bridgehead atoms. The van der Waals surface area contributed by atoms with Crippen LogP contribution in [0.25, 0.3) is 0 Å². The molecule has 230 valence electrons. The Bertz CT molecular complexity index is 961. The van der Waals surface area contributed by atoms with Crippen molar-refractivity contribution >= 4 is 17.9 Å². The summed E-state index contributed by atoms with van der Waals surface area (Å²) in [5, 5.41) is 0. The quantitative estimate of drug-likeness (QED) is 0.0881. The number of hydrogen-bond donors (Lipinski definition) is 0. The molecule has 1 aromatic carbocycles. The van der Waals surface area contributed by atoms with Gasteiger partial charge in [0, 0.05) is 6.42 Å². The summed E-state index contributed by atoms with van der Waals surface area (Å²) in [7, 11) is 0. The predicted octanol–water partition coefficient (Wildman–Crippen LogP) is 8.34. The van der Waals surface area contributed by atoms with Crippen molar-refractivity contribution in [1.29, 1.82) is 0 Å². The van der Waals surface area contributed by atoms with E-state index < -0.39 is 29.6 Å². The lowest BCUT2D eigenvalue weighted by Crippen LogP contribution is -2.31. The van der Waals surface area contributed by atoms with Crippen LogP contribution in [-0.2, 0) is 39.9 Å². The van der Waals surface area contributed by atoms with Crippen LogP contribution in [0.5, 0.6) is 0 Å². The van der Waals surface area contributed by atoms with Crippen molar-refractivity contribution in [1.82, 2.24) is 0 Å². The van der Waals surface area contributed by atoms with Crippen molar-refractivity contribution in [2.24, 2.45) is 5.41 Å². The molecule has 0 unspecified atom stereocenters. The Morgan fingerprint density at radius 3 is 1.93 bits per heavy atom. The van der Waals surface area contributed by atoms with Crippen LogP contribution in [0.15, 0.2) is 41.9 Å². The third kappa shape index (κ3) is 13.1. The van der Waals surface area contributed by atoms with E-state index in [9.17, 15) is 14.4 Å². The van der Waals surface area contributed by atoms with Crippen LogP contribution in [0.2, 0.25) is 0 Å². The molecule has 0 spiro atoms. The molecule has 7 heteroatoms. The first-order valence-electron chi connectivity index (χ1n) is 15.7. The van der Waals surface area contributed by atoms with E-state index in [1.165, 1.54) is 64.2 Å². The van der Waals surface area contributed by atoms with Gasteiger partial charge < -0.3 is 18.9 Å². The van der Waals surface area contributed by atoms with Crippen LogP contribution < -0.4 is 0 Å². The SMILES string of the molecule is CCCCCCCCCCCCCCCC(=O)O[C@@H](C)[C@H]1OC(=O)C(OC(=O)C(C)(C)C)=C1OCc1ccccc1. The van der Waals surface area contributed by atoms with Crippen molar-refractivity contribution < 1.29 is 33.3 Å². The van der Waals surface area contributed by atoms with E-state index in [-0.39, 0.29) is 24.1 Å². The molecular formula is C34H52O7. The molecule has 0 radical (unpaired) electrons. The highest BCUT2D eigenvalue weighted by Gasteiger charge is 2.44. The Balaban J connectivity index is 1.78. The van der Waals surface area contributed by atoms with Gasteiger partial charge in [0.15, 0.2) is 11.9 Å². The number of esters is 3. The minimum Gasteiger partial charge on any atom is -0.485 e. The second-order valence-electron chi connectivity index (χ2n) is 12.1. The second-order valence-corrected chi connectivity index (χ2v) is 12.1. The van der Waals surface area contributed by atoms with Gasteiger partial charge in [-0.2, -0.15) is 0 Å². The van der Waals surface area contributed by atoms with Gasteiger partial charge in [0.05, 0.1) is 5.41 Å². The Morgan fingerprint density at radius 1 is 0.854 bits per heavy atom. The van der Waals surface area contributed by atoms with E-state index in [2.05, 4.69) is 6.92 Å². The van der Waals surface area contributed by atoms with Gasteiger partial charge in [-0.15, -0.1) is 0 Å². The third-order valence-electron chi connectivity index (χ3n) is 7.17. The smallest absolute Gasteiger partial charge is 0.379 e. The number of unbranched alkanes of at least 4 members (excludes halogenated alkanes) is 12. The minimum atomic E-state index is -0.996. The van der Waals surface area contributed by atoms with E-state index in [1.807, 2.05) is 30.3 Å². The number of benzene rings is 1. The highest BCUT2D eigenvalue weighted by Crippen LogP contribution is 2.31. The molecule has 0 amide bonds. The van der Waals surface area contributed by atoms with Gasteiger partial charge in [-0.1, -0.05) is 114 Å². The number of carbonyl (C=O) groups is 3. The Labute approximate surface area is 247 Å². The lowest BCUT2D eigenvalue weighted by molar-refractivity contribution is -0.163. The van der Waals surface area contributed by atoms with Crippen LogP contribution in [0.3, 0.4) is 0 Å². The molecule has 0 saturated heterocycles. The van der Waals surface area contributed by atoms with Gasteiger partial charge in [-0.05, 0) is 39.7 Å². The first-order valence-corrected chi connectivity index (χ1v) is 15.7. The predicted molar refractivity (Wildman–Crippen MR) is 160 cm³/mol. The number of rotatable bonds is 20. The number of ether oxygens (including phenoxy) is 4. The lowest BCUT2D eigenvalue weighted by Gasteiger charge is -2.22. The molecule has 2 atom stereocenters. The van der Waals surface area contributed by atoms with Gasteiger partial charge in [-0.3, -0.25) is 9.59 Å². The van der Waals surface area contributed by atoms with Gasteiger partial charge in [0.2, 0.25) is 0 Å². The summed E-state index contributed by atoms with van der Waals surface area (Å²) >= 11 is 0. The first kappa shape index (κ1) is 34.4. The zero-order valence-corrected chi connectivity index (χ0v) is 26.0. The molecule has 7 nitrogen and oxygen atoms in total. The second kappa shape index (κ2) is 18.6. The summed E-state index contributed by atoms with van der Waals surface area (Å²) in [6, 6.07) is 9.41. The molecule has 0 saturated carbocycles. The summed E-state index contributed by atoms with van der Waals surface area (Å²) in [4.78, 5) is 37.8. The van der Waals surface area contributed by atoms with Gasteiger partial charge in [0.1, 0.15) is 12.7 Å². The largest absolute Gasteiger partial charge is 0.485 e. The monoisotopic (exact) mass is 572 g/mol. The van der Waals surface area contributed by atoms with E-state index >= 15 is 0 Å². The summed E-state index contributed by atoms with van der Waals surface area (Å²) in [6.07, 6.45) is 14.5. The zero-order chi connectivity index (χ0) is 30.1. The number of hydrogen-bond acceptors (Lipinski definition) is 7. The Hall–Kier alpha value is -2.83. The van der Waals surface area contributed by atoms with Crippen molar-refractivity contribution in [3.63, 3.8) is 0 Å². The fourth-order valence-electron chi connectivity index (χ4n) is 4.60. The van der Waals surface area contributed by atoms with Crippen molar-refractivity contribution in [2.75, 3.05) is 0 Å². The number of carbonyl (C=O) groups excluding carboxylic acids is 3. The minimum absolute atomic E-state index is 0.0673. The highest BCUT2D eigenvalue weighted by molar-refractivity contribution is 5.93. The van der Waals surface area contributed by atoms with E-state index in [4.69, 9.17) is 18.9 Å². The fraction of sp³-hybridized carbons (Fsp3) is 0.676. The van der Waals surface area contributed by atoms with Crippen LogP contribution in [0.1, 0.15) is 130 Å². The van der Waals surface area contributed by atoms with Crippen molar-refractivity contribution in [3.8, 4) is 0 Å². The molecule has 2 rings (SSSR count). The number of cyclic esters (lactones) is 1. The molecule has 1 aromatic rings. The first-order chi connectivity index (χ1) is 19.6. The maximum atomic E-state index is 12.7. The molecule has 41 heavy (non-hydrogen) atoms. The summed E-state index contributed by atoms with van der Waals surface area (Å²) < 4.78 is 22.5. The summed E-state index contributed by atoms with van der Waals surface area (Å²) in [5.74, 6) is -1.96. The lowest BCUT2D eigenvalue weighted by atomic mass is 9.97. The topological polar surface area (TPSA) is 88.1 Å². The Morgan fingerprint density at radius 2 is 1.39 bits per heavy atom. The average Bonchev–Trinajstić information content (AvgIpc) is 3.24. The molecule has 0 fully saturated rings. The van der Waals surface area contributed by atoms with E-state index in [0.29, 0.717) is 6.42 Å². The van der Waals surface area contributed by atoms with Gasteiger partial charge in [0.25, 0.3) is 5.76 Å². The van der Waals surface area contributed by atoms with Crippen molar-refractivity contribution in [3.05, 3.63) is 47.4 Å². The molecule has 1 aliphatic heterocycles. The van der Waals surface area contributed by atoms with Crippen LogP contribution in [0, 0.1) is 5.41 Å². The maximum Gasteiger partial charge on any atom is 0.379 e. The average molecular weight is 573 g/mol. The standard InChI is InChI=1S/C34H52O7/c1-6-7-8-9-10-11-12-13-14-15-16-17-21-24-28(35)39-26(2)29-30(38-25-27-22-19-18-20-23-27)31(32(36)40-29)41-33(37)34(3,4)5/h18-20,22-23,26,29H,6-17,21,24-25H2,1-5H3/t26-,29+/m0/s1. The highest BCUT2D eigenvalue weighted by atomic mass is 16.6.